The van der Waals surface area contributed by atoms with Crippen molar-refractivity contribution >= 4 is 22.7 Å². The Morgan fingerprint density at radius 1 is 1.00 bits per heavy atom. The van der Waals surface area contributed by atoms with Gasteiger partial charge >= 0.3 is 0 Å². The van der Waals surface area contributed by atoms with Crippen LogP contribution in [-0.4, -0.2) is 16.2 Å². The Kier molecular flexibility index (Phi) is 4.66. The monoisotopic (exact) mass is 415 g/mol. The molecule has 0 saturated heterocycles. The van der Waals surface area contributed by atoms with E-state index < -0.39 is 5.91 Å². The molecule has 1 N–H and O–H groups in total. The van der Waals surface area contributed by atoms with E-state index in [1.54, 1.807) is 6.07 Å². The molecule has 0 saturated carbocycles. The van der Waals surface area contributed by atoms with Crippen molar-refractivity contribution in [3.8, 4) is 11.3 Å². The molecular formula is C24H21N3O4. The average Bonchev–Trinajstić information content (AvgIpc) is 3.24. The van der Waals surface area contributed by atoms with Gasteiger partial charge in [-0.25, -0.2) is 4.63 Å². The van der Waals surface area contributed by atoms with Crippen molar-refractivity contribution in [3.05, 3.63) is 74.6 Å². The smallest absolute Gasteiger partial charge is 0.292 e. The van der Waals surface area contributed by atoms with Crippen LogP contribution in [0.4, 0.5) is 5.82 Å². The first-order valence-electron chi connectivity index (χ1n) is 10.3. The highest BCUT2D eigenvalue weighted by molar-refractivity contribution is 6.04. The van der Waals surface area contributed by atoms with E-state index in [0.29, 0.717) is 16.7 Å². The molecule has 7 heteroatoms. The van der Waals surface area contributed by atoms with E-state index >= 15 is 0 Å². The molecule has 0 spiro atoms. The summed E-state index contributed by atoms with van der Waals surface area (Å²) in [5, 5.41) is 10.9. The van der Waals surface area contributed by atoms with Crippen LogP contribution in [0.3, 0.4) is 0 Å². The minimum atomic E-state index is -0.588. The molecule has 2 aromatic heterocycles. The minimum Gasteiger partial charge on any atom is -0.450 e. The Morgan fingerprint density at radius 3 is 2.65 bits per heavy atom. The van der Waals surface area contributed by atoms with Crippen LogP contribution in [0, 0.1) is 13.8 Å². The zero-order valence-corrected chi connectivity index (χ0v) is 17.3. The lowest BCUT2D eigenvalue weighted by molar-refractivity contribution is 0.0996. The molecule has 31 heavy (non-hydrogen) atoms. The SMILES string of the molecule is Cc1ccc2c(=O)cc(C(=O)Nc3nonc3-c3ccc4c(c3)CCCC4)oc2c1C. The highest BCUT2D eigenvalue weighted by Crippen LogP contribution is 2.30. The van der Waals surface area contributed by atoms with Crippen LogP contribution >= 0.6 is 0 Å². The zero-order valence-electron chi connectivity index (χ0n) is 17.3. The number of fused-ring (bicyclic) bond motifs is 2. The maximum atomic E-state index is 12.9. The molecule has 5 rings (SSSR count). The van der Waals surface area contributed by atoms with E-state index in [-0.39, 0.29) is 17.0 Å². The van der Waals surface area contributed by atoms with Crippen molar-refractivity contribution in [1.82, 2.24) is 10.3 Å². The number of carbonyl (C=O) groups excluding carboxylic acids is 1. The van der Waals surface area contributed by atoms with E-state index in [4.69, 9.17) is 9.05 Å². The first-order valence-corrected chi connectivity index (χ1v) is 10.3. The van der Waals surface area contributed by atoms with E-state index in [1.807, 2.05) is 26.0 Å². The summed E-state index contributed by atoms with van der Waals surface area (Å²) in [5.74, 6) is -0.495. The van der Waals surface area contributed by atoms with Gasteiger partial charge in [0.05, 0.1) is 5.39 Å². The Bertz CT molecular complexity index is 1380. The zero-order chi connectivity index (χ0) is 21.5. The highest BCUT2D eigenvalue weighted by Gasteiger charge is 2.20. The normalized spacial score (nSPS) is 13.2. The van der Waals surface area contributed by atoms with Crippen LogP contribution in [0.15, 0.2) is 50.2 Å². The van der Waals surface area contributed by atoms with Crippen LogP contribution in [0.1, 0.15) is 45.7 Å². The summed E-state index contributed by atoms with van der Waals surface area (Å²) in [5.41, 5.74) is 5.83. The molecular weight excluding hydrogens is 394 g/mol. The van der Waals surface area contributed by atoms with Crippen molar-refractivity contribution in [2.24, 2.45) is 0 Å². The van der Waals surface area contributed by atoms with Crippen molar-refractivity contribution in [2.75, 3.05) is 5.32 Å². The molecule has 156 valence electrons. The van der Waals surface area contributed by atoms with Gasteiger partial charge in [0.25, 0.3) is 5.91 Å². The molecule has 7 nitrogen and oxygen atoms in total. The molecule has 2 heterocycles. The predicted octanol–water partition coefficient (Wildman–Crippen LogP) is 4.59. The molecule has 1 amide bonds. The number of anilines is 1. The third kappa shape index (κ3) is 3.42. The van der Waals surface area contributed by atoms with Gasteiger partial charge in [0.1, 0.15) is 5.58 Å². The number of hydrogen-bond donors (Lipinski definition) is 1. The van der Waals surface area contributed by atoms with Crippen LogP contribution < -0.4 is 10.7 Å². The van der Waals surface area contributed by atoms with Gasteiger partial charge in [0.15, 0.2) is 16.9 Å². The first-order chi connectivity index (χ1) is 15.0. The number of hydrogen-bond acceptors (Lipinski definition) is 6. The summed E-state index contributed by atoms with van der Waals surface area (Å²) in [6.07, 6.45) is 4.47. The van der Waals surface area contributed by atoms with Gasteiger partial charge in [-0.15, -0.1) is 0 Å². The standard InChI is InChI=1S/C24H21N3O4/c1-13-7-10-18-19(28)12-20(30-22(18)14(13)2)24(29)25-23-21(26-31-27-23)17-9-8-15-5-3-4-6-16(15)11-17/h7-12H,3-6H2,1-2H3,(H,25,27,29). The molecule has 0 bridgehead atoms. The Labute approximate surface area is 178 Å². The molecule has 2 aromatic carbocycles. The molecule has 0 fully saturated rings. The van der Waals surface area contributed by atoms with Gasteiger partial charge in [-0.2, -0.15) is 0 Å². The number of carbonyl (C=O) groups is 1. The van der Waals surface area contributed by atoms with Gasteiger partial charge in [-0.05, 0) is 84.2 Å². The lowest BCUT2D eigenvalue weighted by Gasteiger charge is -2.16. The summed E-state index contributed by atoms with van der Waals surface area (Å²) >= 11 is 0. The Hall–Kier alpha value is -3.74. The van der Waals surface area contributed by atoms with Crippen LogP contribution in [0.2, 0.25) is 0 Å². The summed E-state index contributed by atoms with van der Waals surface area (Å²) in [6, 6.07) is 10.9. The van der Waals surface area contributed by atoms with Crippen molar-refractivity contribution < 1.29 is 13.8 Å². The van der Waals surface area contributed by atoms with Crippen molar-refractivity contribution in [1.29, 1.82) is 0 Å². The lowest BCUT2D eigenvalue weighted by Crippen LogP contribution is -2.16. The number of rotatable bonds is 3. The molecule has 0 radical (unpaired) electrons. The predicted molar refractivity (Wildman–Crippen MR) is 116 cm³/mol. The van der Waals surface area contributed by atoms with E-state index in [0.717, 1.165) is 36.0 Å². The molecule has 0 aliphatic heterocycles. The second-order valence-corrected chi connectivity index (χ2v) is 7.97. The van der Waals surface area contributed by atoms with E-state index in [2.05, 4.69) is 27.8 Å². The molecule has 0 unspecified atom stereocenters. The van der Waals surface area contributed by atoms with Crippen LogP contribution in [0.5, 0.6) is 0 Å². The Balaban J connectivity index is 1.48. The number of benzene rings is 2. The fourth-order valence-electron chi connectivity index (χ4n) is 4.07. The third-order valence-electron chi connectivity index (χ3n) is 5.98. The van der Waals surface area contributed by atoms with Crippen molar-refractivity contribution in [2.45, 2.75) is 39.5 Å². The summed E-state index contributed by atoms with van der Waals surface area (Å²) in [4.78, 5) is 25.4. The third-order valence-corrected chi connectivity index (χ3v) is 5.98. The largest absolute Gasteiger partial charge is 0.450 e. The average molecular weight is 415 g/mol. The van der Waals surface area contributed by atoms with Crippen molar-refractivity contribution in [3.63, 3.8) is 0 Å². The van der Waals surface area contributed by atoms with E-state index in [9.17, 15) is 9.59 Å². The lowest BCUT2D eigenvalue weighted by atomic mass is 9.90. The fourth-order valence-corrected chi connectivity index (χ4v) is 4.07. The molecule has 0 atom stereocenters. The maximum absolute atomic E-state index is 12.9. The quantitative estimate of drug-likeness (QED) is 0.525. The Morgan fingerprint density at radius 2 is 1.81 bits per heavy atom. The number of nitrogens with one attached hydrogen (secondary N) is 1. The van der Waals surface area contributed by atoms with E-state index in [1.165, 1.54) is 23.6 Å². The van der Waals surface area contributed by atoms with Gasteiger partial charge in [-0.3, -0.25) is 14.9 Å². The van der Waals surface area contributed by atoms with Gasteiger partial charge in [0.2, 0.25) is 5.82 Å². The number of aryl methyl sites for hydroxylation is 4. The molecule has 1 aliphatic carbocycles. The highest BCUT2D eigenvalue weighted by atomic mass is 16.6. The summed E-state index contributed by atoms with van der Waals surface area (Å²) in [6.45, 7) is 3.78. The van der Waals surface area contributed by atoms with Crippen LogP contribution in [-0.2, 0) is 12.8 Å². The first kappa shape index (κ1) is 19.2. The minimum absolute atomic E-state index is 0.0920. The number of amides is 1. The molecule has 1 aliphatic rings. The maximum Gasteiger partial charge on any atom is 0.292 e. The number of aromatic nitrogens is 2. The molecule has 4 aromatic rings. The number of nitrogens with zero attached hydrogens (tertiary/aromatic N) is 2. The second kappa shape index (κ2) is 7.50. The van der Waals surface area contributed by atoms with Crippen LogP contribution in [0.25, 0.3) is 22.2 Å². The fraction of sp³-hybridized carbons (Fsp3) is 0.250. The van der Waals surface area contributed by atoms with Gasteiger partial charge in [0, 0.05) is 11.6 Å². The topological polar surface area (TPSA) is 98.2 Å². The summed E-state index contributed by atoms with van der Waals surface area (Å²) in [7, 11) is 0. The van der Waals surface area contributed by atoms with Gasteiger partial charge in [-0.1, -0.05) is 18.2 Å². The van der Waals surface area contributed by atoms with Gasteiger partial charge < -0.3 is 4.42 Å². The second-order valence-electron chi connectivity index (χ2n) is 7.97. The summed E-state index contributed by atoms with van der Waals surface area (Å²) < 4.78 is 10.7.